The van der Waals surface area contributed by atoms with E-state index in [0.717, 1.165) is 11.2 Å². The molecule has 6 heteroatoms. The fourth-order valence-corrected chi connectivity index (χ4v) is 2.47. The Kier molecular flexibility index (Phi) is 3.76. The minimum atomic E-state index is -0.369. The maximum atomic E-state index is 6.04. The van der Waals surface area contributed by atoms with Crippen molar-refractivity contribution in [3.05, 3.63) is 24.3 Å². The fourth-order valence-electron chi connectivity index (χ4n) is 2.47. The quantitative estimate of drug-likeness (QED) is 0.844. The summed E-state index contributed by atoms with van der Waals surface area (Å²) in [4.78, 5) is 0. The van der Waals surface area contributed by atoms with Gasteiger partial charge in [-0.1, -0.05) is 12.1 Å². The first-order chi connectivity index (χ1) is 10.3. The van der Waals surface area contributed by atoms with Crippen LogP contribution < -0.4 is 15.9 Å². The van der Waals surface area contributed by atoms with E-state index in [0.29, 0.717) is 19.8 Å². The van der Waals surface area contributed by atoms with Crippen LogP contribution in [0.25, 0.3) is 0 Å². The standard InChI is InChI=1S/C16H24BNO4/c1-14(2)15(3,4)22-17(21-14)12-5-7-13(8-6-12)20-16(9-18)10-19-11-16/h5-8H,9-11,18H2,1-4H3. The van der Waals surface area contributed by atoms with E-state index in [9.17, 15) is 0 Å². The van der Waals surface area contributed by atoms with E-state index in [1.54, 1.807) is 0 Å². The molecule has 2 N–H and O–H groups in total. The summed E-state index contributed by atoms with van der Waals surface area (Å²) in [6, 6.07) is 7.80. The molecule has 2 saturated heterocycles. The van der Waals surface area contributed by atoms with Crippen LogP contribution in [0.3, 0.4) is 0 Å². The Bertz CT molecular complexity index is 518. The molecule has 5 nitrogen and oxygen atoms in total. The molecule has 2 aliphatic rings. The molecule has 0 aromatic heterocycles. The molecule has 0 saturated carbocycles. The van der Waals surface area contributed by atoms with Crippen LogP contribution in [0.4, 0.5) is 0 Å². The molecule has 2 fully saturated rings. The first-order valence-electron chi connectivity index (χ1n) is 7.69. The van der Waals surface area contributed by atoms with Crippen LogP contribution in [0.15, 0.2) is 24.3 Å². The van der Waals surface area contributed by atoms with E-state index in [4.69, 9.17) is 24.5 Å². The highest BCUT2D eigenvalue weighted by atomic mass is 16.7. The van der Waals surface area contributed by atoms with E-state index in [2.05, 4.69) is 0 Å². The van der Waals surface area contributed by atoms with E-state index < -0.39 is 0 Å². The lowest BCUT2D eigenvalue weighted by atomic mass is 9.79. The molecule has 0 unspecified atom stereocenters. The Hall–Kier alpha value is -1.08. The molecular formula is C16H24BNO4. The molecule has 2 aliphatic heterocycles. The van der Waals surface area contributed by atoms with Gasteiger partial charge in [-0.2, -0.15) is 0 Å². The molecule has 120 valence electrons. The summed E-state index contributed by atoms with van der Waals surface area (Å²) in [5, 5.41) is 0. The van der Waals surface area contributed by atoms with Crippen molar-refractivity contribution in [2.45, 2.75) is 44.5 Å². The van der Waals surface area contributed by atoms with E-state index in [1.807, 2.05) is 52.0 Å². The molecule has 0 radical (unpaired) electrons. The van der Waals surface area contributed by atoms with Crippen molar-refractivity contribution < 1.29 is 18.8 Å². The number of nitrogens with two attached hydrogens (primary N) is 1. The van der Waals surface area contributed by atoms with Crippen LogP contribution in [0, 0.1) is 0 Å². The Morgan fingerprint density at radius 2 is 1.59 bits per heavy atom. The zero-order valence-corrected chi connectivity index (χ0v) is 13.7. The van der Waals surface area contributed by atoms with Gasteiger partial charge in [-0.3, -0.25) is 0 Å². The Labute approximate surface area is 132 Å². The zero-order valence-electron chi connectivity index (χ0n) is 13.7. The molecule has 3 rings (SSSR count). The second kappa shape index (κ2) is 5.23. The molecule has 0 bridgehead atoms. The van der Waals surface area contributed by atoms with Crippen molar-refractivity contribution in [3.63, 3.8) is 0 Å². The van der Waals surface area contributed by atoms with Crippen molar-refractivity contribution in [3.8, 4) is 5.75 Å². The summed E-state index contributed by atoms with van der Waals surface area (Å²) < 4.78 is 23.2. The van der Waals surface area contributed by atoms with E-state index >= 15 is 0 Å². The second-order valence-corrected chi connectivity index (χ2v) is 7.14. The monoisotopic (exact) mass is 305 g/mol. The third-order valence-corrected chi connectivity index (χ3v) is 4.84. The van der Waals surface area contributed by atoms with Crippen LogP contribution >= 0.6 is 0 Å². The Morgan fingerprint density at radius 1 is 1.05 bits per heavy atom. The smallest absolute Gasteiger partial charge is 0.481 e. The third kappa shape index (κ3) is 2.65. The number of rotatable bonds is 4. The molecule has 1 aromatic rings. The number of ether oxygens (including phenoxy) is 2. The average molecular weight is 305 g/mol. The van der Waals surface area contributed by atoms with Crippen LogP contribution in [0.2, 0.25) is 0 Å². The highest BCUT2D eigenvalue weighted by Gasteiger charge is 2.51. The second-order valence-electron chi connectivity index (χ2n) is 7.14. The summed E-state index contributed by atoms with van der Waals surface area (Å²) in [7, 11) is -0.352. The van der Waals surface area contributed by atoms with Crippen molar-refractivity contribution in [1.82, 2.24) is 0 Å². The molecular weight excluding hydrogens is 281 g/mol. The number of hydrogen-bond donors (Lipinski definition) is 1. The van der Waals surface area contributed by atoms with E-state index in [-0.39, 0.29) is 23.9 Å². The zero-order chi connectivity index (χ0) is 16.0. The first-order valence-corrected chi connectivity index (χ1v) is 7.69. The first kappa shape index (κ1) is 15.8. The molecule has 2 heterocycles. The van der Waals surface area contributed by atoms with Crippen LogP contribution in [0.5, 0.6) is 5.75 Å². The molecule has 0 spiro atoms. The minimum absolute atomic E-state index is 0.334. The predicted octanol–water partition coefficient (Wildman–Crippen LogP) is 1.09. The maximum Gasteiger partial charge on any atom is 0.494 e. The van der Waals surface area contributed by atoms with Crippen LogP contribution in [-0.4, -0.2) is 43.7 Å². The van der Waals surface area contributed by atoms with Gasteiger partial charge in [0.05, 0.1) is 24.4 Å². The lowest BCUT2D eigenvalue weighted by molar-refractivity contribution is -0.154. The molecule has 0 amide bonds. The fraction of sp³-hybridized carbons (Fsp3) is 0.625. The summed E-state index contributed by atoms with van der Waals surface area (Å²) in [5.41, 5.74) is 5.71. The third-order valence-electron chi connectivity index (χ3n) is 4.84. The topological polar surface area (TPSA) is 62.9 Å². The van der Waals surface area contributed by atoms with Crippen molar-refractivity contribution in [1.29, 1.82) is 0 Å². The van der Waals surface area contributed by atoms with Gasteiger partial charge in [0.15, 0.2) is 5.60 Å². The highest BCUT2D eigenvalue weighted by Crippen LogP contribution is 2.36. The number of benzene rings is 1. The summed E-state index contributed by atoms with van der Waals surface area (Å²) in [6.45, 7) is 9.73. The van der Waals surface area contributed by atoms with Crippen molar-refractivity contribution in [2.75, 3.05) is 19.8 Å². The van der Waals surface area contributed by atoms with Gasteiger partial charge in [0.25, 0.3) is 0 Å². The van der Waals surface area contributed by atoms with Gasteiger partial charge in [-0.05, 0) is 45.3 Å². The normalized spacial score (nSPS) is 24.9. The maximum absolute atomic E-state index is 6.04. The van der Waals surface area contributed by atoms with Crippen molar-refractivity contribution >= 4 is 12.6 Å². The summed E-state index contributed by atoms with van der Waals surface area (Å²) in [5.74, 6) is 0.786. The number of hydrogen-bond acceptors (Lipinski definition) is 5. The van der Waals surface area contributed by atoms with Crippen LogP contribution in [-0.2, 0) is 14.0 Å². The lowest BCUT2D eigenvalue weighted by Gasteiger charge is -2.40. The predicted molar refractivity (Wildman–Crippen MR) is 85.4 cm³/mol. The van der Waals surface area contributed by atoms with Gasteiger partial charge in [0, 0.05) is 6.54 Å². The van der Waals surface area contributed by atoms with Gasteiger partial charge in [-0.25, -0.2) is 0 Å². The summed E-state index contributed by atoms with van der Waals surface area (Å²) in [6.07, 6.45) is 0. The molecule has 0 atom stereocenters. The highest BCUT2D eigenvalue weighted by molar-refractivity contribution is 6.62. The van der Waals surface area contributed by atoms with Crippen LogP contribution in [0.1, 0.15) is 27.7 Å². The van der Waals surface area contributed by atoms with Gasteiger partial charge in [-0.15, -0.1) is 0 Å². The largest absolute Gasteiger partial charge is 0.494 e. The summed E-state index contributed by atoms with van der Waals surface area (Å²) >= 11 is 0. The van der Waals surface area contributed by atoms with Gasteiger partial charge < -0.3 is 24.5 Å². The van der Waals surface area contributed by atoms with E-state index in [1.165, 1.54) is 0 Å². The van der Waals surface area contributed by atoms with Crippen molar-refractivity contribution in [2.24, 2.45) is 5.73 Å². The minimum Gasteiger partial charge on any atom is -0.481 e. The SMILES string of the molecule is CC1(C)OB(c2ccc(OC3(CN)COC3)cc2)OC1(C)C. The van der Waals surface area contributed by atoms with Gasteiger partial charge in [0.1, 0.15) is 5.75 Å². The molecule has 0 aliphatic carbocycles. The Balaban J connectivity index is 1.70. The molecule has 1 aromatic carbocycles. The molecule has 22 heavy (non-hydrogen) atoms. The van der Waals surface area contributed by atoms with Gasteiger partial charge in [0.2, 0.25) is 0 Å². The Morgan fingerprint density at radius 3 is 2.00 bits per heavy atom. The lowest BCUT2D eigenvalue weighted by Crippen LogP contribution is -2.59. The van der Waals surface area contributed by atoms with Gasteiger partial charge >= 0.3 is 7.12 Å². The average Bonchev–Trinajstić information content (AvgIpc) is 2.63.